The van der Waals surface area contributed by atoms with Crippen LogP contribution < -0.4 is 0 Å². The average Bonchev–Trinajstić information content (AvgIpc) is 1.68. The maximum absolute atomic E-state index is 9.31. The number of methoxy groups -OCH3 is 1. The lowest BCUT2D eigenvalue weighted by molar-refractivity contribution is -0.0286. The van der Waals surface area contributed by atoms with Gasteiger partial charge in [0.2, 0.25) is 6.29 Å². The molecule has 0 saturated heterocycles. The highest BCUT2D eigenvalue weighted by molar-refractivity contribution is 5.38. The summed E-state index contributed by atoms with van der Waals surface area (Å²) in [4.78, 5) is 9.31. The fourth-order valence-corrected chi connectivity index (χ4v) is 0.102. The van der Waals surface area contributed by atoms with E-state index in [1.165, 1.54) is 13.6 Å². The van der Waals surface area contributed by atoms with Crippen LogP contribution in [0.2, 0.25) is 0 Å². The summed E-state index contributed by atoms with van der Waals surface area (Å²) in [6.07, 6.45) is -0.725. The Morgan fingerprint density at radius 2 is 2.43 bits per heavy atom. The first kappa shape index (κ1) is 6.43. The third kappa shape index (κ3) is 3.26. The predicted octanol–water partition coefficient (Wildman–Crippen LogP) is -0.123. The molecule has 1 atom stereocenters. The summed E-state index contributed by atoms with van der Waals surface area (Å²) in [7, 11) is 1.38. The minimum atomic E-state index is -0.725. The smallest absolute Gasteiger partial charge is 0.419 e. The van der Waals surface area contributed by atoms with Crippen LogP contribution in [0.25, 0.3) is 0 Å². The van der Waals surface area contributed by atoms with E-state index in [2.05, 4.69) is 16.4 Å². The SMILES string of the molecule is [CH2]C(OC)O[C]=O. The predicted molar refractivity (Wildman–Crippen MR) is 22.9 cm³/mol. The van der Waals surface area contributed by atoms with Gasteiger partial charge in [-0.05, 0) is 0 Å². The summed E-state index contributed by atoms with van der Waals surface area (Å²) < 4.78 is 8.45. The van der Waals surface area contributed by atoms with Crippen molar-refractivity contribution in [2.24, 2.45) is 0 Å². The molecular weight excluding hydrogens is 96.0 g/mol. The average molecular weight is 102 g/mol. The second-order valence-corrected chi connectivity index (χ2v) is 0.866. The summed E-state index contributed by atoms with van der Waals surface area (Å²) in [5.41, 5.74) is 0. The molecule has 0 aliphatic rings. The summed E-state index contributed by atoms with van der Waals surface area (Å²) >= 11 is 0. The molecule has 40 valence electrons. The van der Waals surface area contributed by atoms with E-state index in [4.69, 9.17) is 0 Å². The lowest BCUT2D eigenvalue weighted by atomic mass is 10.8. The Labute approximate surface area is 42.2 Å². The van der Waals surface area contributed by atoms with Gasteiger partial charge in [-0.3, -0.25) is 0 Å². The zero-order valence-electron chi connectivity index (χ0n) is 4.01. The molecule has 0 aromatic heterocycles. The molecule has 3 heteroatoms. The fourth-order valence-electron chi connectivity index (χ4n) is 0.102. The summed E-state index contributed by atoms with van der Waals surface area (Å²) in [6.45, 7) is 4.42. The first-order valence-corrected chi connectivity index (χ1v) is 1.70. The lowest BCUT2D eigenvalue weighted by Gasteiger charge is -2.02. The largest absolute Gasteiger partial charge is 0.427 e. The van der Waals surface area contributed by atoms with Crippen molar-refractivity contribution in [1.29, 1.82) is 0 Å². The van der Waals surface area contributed by atoms with E-state index in [-0.39, 0.29) is 0 Å². The van der Waals surface area contributed by atoms with Gasteiger partial charge in [-0.2, -0.15) is 0 Å². The number of carbonyl (C=O) groups excluding carboxylic acids is 1. The van der Waals surface area contributed by atoms with Crippen LogP contribution in [0.1, 0.15) is 0 Å². The maximum atomic E-state index is 9.31. The van der Waals surface area contributed by atoms with Crippen molar-refractivity contribution in [1.82, 2.24) is 0 Å². The van der Waals surface area contributed by atoms with E-state index in [1.54, 1.807) is 0 Å². The monoisotopic (exact) mass is 102 g/mol. The Morgan fingerprint density at radius 3 is 2.57 bits per heavy atom. The van der Waals surface area contributed by atoms with Crippen LogP contribution in [-0.2, 0) is 14.3 Å². The Balaban J connectivity index is 2.98. The van der Waals surface area contributed by atoms with Crippen molar-refractivity contribution in [2.45, 2.75) is 6.29 Å². The second kappa shape index (κ2) is 3.61. The van der Waals surface area contributed by atoms with Crippen molar-refractivity contribution in [3.63, 3.8) is 0 Å². The quantitative estimate of drug-likeness (QED) is 0.466. The minimum absolute atomic E-state index is 0.725. The zero-order valence-corrected chi connectivity index (χ0v) is 4.01. The van der Waals surface area contributed by atoms with Crippen molar-refractivity contribution < 1.29 is 14.3 Å². The van der Waals surface area contributed by atoms with E-state index in [0.717, 1.165) is 0 Å². The molecule has 0 saturated carbocycles. The molecular formula is C4H6O3. The van der Waals surface area contributed by atoms with E-state index < -0.39 is 6.29 Å². The first-order chi connectivity index (χ1) is 3.31. The Kier molecular flexibility index (Phi) is 3.32. The van der Waals surface area contributed by atoms with Gasteiger partial charge in [0.1, 0.15) is 0 Å². The number of ether oxygens (including phenoxy) is 2. The topological polar surface area (TPSA) is 35.5 Å². The van der Waals surface area contributed by atoms with E-state index in [1.807, 2.05) is 0 Å². The maximum Gasteiger partial charge on any atom is 0.419 e. The van der Waals surface area contributed by atoms with Crippen molar-refractivity contribution >= 4 is 6.47 Å². The molecule has 0 fully saturated rings. The molecule has 2 radical (unpaired) electrons. The van der Waals surface area contributed by atoms with Gasteiger partial charge in [0.15, 0.2) is 0 Å². The molecule has 0 bridgehead atoms. The third-order valence-corrected chi connectivity index (χ3v) is 0.442. The van der Waals surface area contributed by atoms with Gasteiger partial charge in [-0.1, -0.05) is 0 Å². The second-order valence-electron chi connectivity index (χ2n) is 0.866. The Bertz CT molecular complexity index is 52.9. The molecule has 0 aromatic rings. The van der Waals surface area contributed by atoms with Gasteiger partial charge < -0.3 is 9.47 Å². The van der Waals surface area contributed by atoms with Crippen LogP contribution >= 0.6 is 0 Å². The molecule has 0 aromatic carbocycles. The van der Waals surface area contributed by atoms with Gasteiger partial charge >= 0.3 is 6.47 Å². The van der Waals surface area contributed by atoms with Gasteiger partial charge in [0, 0.05) is 14.0 Å². The van der Waals surface area contributed by atoms with Gasteiger partial charge in [0.05, 0.1) is 0 Å². The van der Waals surface area contributed by atoms with Crippen molar-refractivity contribution in [2.75, 3.05) is 7.11 Å². The van der Waals surface area contributed by atoms with Crippen LogP contribution in [-0.4, -0.2) is 19.9 Å². The highest BCUT2D eigenvalue weighted by Crippen LogP contribution is 1.83. The highest BCUT2D eigenvalue weighted by atomic mass is 16.7. The Hall–Kier alpha value is -0.570. The number of hydrogen-bond donors (Lipinski definition) is 0. The third-order valence-electron chi connectivity index (χ3n) is 0.442. The molecule has 0 spiro atoms. The molecule has 0 heterocycles. The molecule has 0 N–H and O–H groups in total. The lowest BCUT2D eigenvalue weighted by Crippen LogP contribution is -2.08. The van der Waals surface area contributed by atoms with E-state index in [9.17, 15) is 4.79 Å². The van der Waals surface area contributed by atoms with Gasteiger partial charge in [-0.15, -0.1) is 0 Å². The summed E-state index contributed by atoms with van der Waals surface area (Å²) in [6, 6.07) is 0. The standard InChI is InChI=1S/C4H6O3/c1-4(6-2)7-3-5/h4H,1H2,2H3. The molecule has 0 amide bonds. The summed E-state index contributed by atoms with van der Waals surface area (Å²) in [5.74, 6) is 0. The van der Waals surface area contributed by atoms with Crippen LogP contribution in [0.15, 0.2) is 0 Å². The molecule has 7 heavy (non-hydrogen) atoms. The molecule has 0 rings (SSSR count). The van der Waals surface area contributed by atoms with Crippen LogP contribution in [0.3, 0.4) is 0 Å². The van der Waals surface area contributed by atoms with Crippen LogP contribution in [0.4, 0.5) is 0 Å². The highest BCUT2D eigenvalue weighted by Gasteiger charge is 1.93. The van der Waals surface area contributed by atoms with E-state index >= 15 is 0 Å². The molecule has 0 aliphatic carbocycles. The van der Waals surface area contributed by atoms with Crippen molar-refractivity contribution in [3.8, 4) is 0 Å². The molecule has 3 nitrogen and oxygen atoms in total. The fraction of sp³-hybridized carbons (Fsp3) is 0.500. The molecule has 0 aliphatic heterocycles. The first-order valence-electron chi connectivity index (χ1n) is 1.70. The number of hydrogen-bond acceptors (Lipinski definition) is 3. The normalized spacial score (nSPS) is 12.9. The summed E-state index contributed by atoms with van der Waals surface area (Å²) in [5, 5.41) is 0. The minimum Gasteiger partial charge on any atom is -0.427 e. The Morgan fingerprint density at radius 1 is 1.86 bits per heavy atom. The van der Waals surface area contributed by atoms with E-state index in [0.29, 0.717) is 0 Å². The number of rotatable bonds is 3. The van der Waals surface area contributed by atoms with Crippen LogP contribution in [0.5, 0.6) is 0 Å². The zero-order chi connectivity index (χ0) is 5.70. The molecule has 1 unspecified atom stereocenters. The van der Waals surface area contributed by atoms with Gasteiger partial charge in [0.25, 0.3) is 0 Å². The van der Waals surface area contributed by atoms with Crippen molar-refractivity contribution in [3.05, 3.63) is 6.92 Å². The van der Waals surface area contributed by atoms with Crippen LogP contribution in [0, 0.1) is 6.92 Å². The van der Waals surface area contributed by atoms with Gasteiger partial charge in [-0.25, -0.2) is 4.79 Å².